The van der Waals surface area contributed by atoms with Crippen molar-refractivity contribution in [3.63, 3.8) is 0 Å². The SMILES string of the molecule is CCNC(=O)NC(=O)C(C)NCC1CCS(=O)(=O)C1. The van der Waals surface area contributed by atoms with Crippen molar-refractivity contribution in [1.82, 2.24) is 16.0 Å². The van der Waals surface area contributed by atoms with Crippen LogP contribution in [0.1, 0.15) is 20.3 Å². The Hall–Kier alpha value is -1.15. The highest BCUT2D eigenvalue weighted by Gasteiger charge is 2.28. The van der Waals surface area contributed by atoms with Gasteiger partial charge in [-0.15, -0.1) is 0 Å². The smallest absolute Gasteiger partial charge is 0.321 e. The number of imide groups is 1. The van der Waals surface area contributed by atoms with Crippen LogP contribution >= 0.6 is 0 Å². The minimum Gasteiger partial charge on any atom is -0.338 e. The third-order valence-electron chi connectivity index (χ3n) is 3.01. The molecule has 2 unspecified atom stereocenters. The van der Waals surface area contributed by atoms with E-state index in [1.807, 2.05) is 0 Å². The Morgan fingerprint density at radius 1 is 1.37 bits per heavy atom. The van der Waals surface area contributed by atoms with E-state index in [4.69, 9.17) is 0 Å². The van der Waals surface area contributed by atoms with E-state index < -0.39 is 27.8 Å². The molecule has 8 heteroatoms. The summed E-state index contributed by atoms with van der Waals surface area (Å²) in [6.07, 6.45) is 0.625. The van der Waals surface area contributed by atoms with Crippen molar-refractivity contribution in [3.05, 3.63) is 0 Å². The van der Waals surface area contributed by atoms with Crippen LogP contribution in [0.4, 0.5) is 4.79 Å². The first-order chi connectivity index (χ1) is 8.84. The molecule has 0 bridgehead atoms. The van der Waals surface area contributed by atoms with Crippen LogP contribution in [0, 0.1) is 5.92 Å². The maximum absolute atomic E-state index is 11.6. The van der Waals surface area contributed by atoms with E-state index >= 15 is 0 Å². The largest absolute Gasteiger partial charge is 0.338 e. The van der Waals surface area contributed by atoms with Crippen molar-refractivity contribution in [2.75, 3.05) is 24.6 Å². The first-order valence-electron chi connectivity index (χ1n) is 6.36. The fourth-order valence-electron chi connectivity index (χ4n) is 1.89. The normalized spacial score (nSPS) is 22.7. The van der Waals surface area contributed by atoms with Crippen LogP contribution in [-0.2, 0) is 14.6 Å². The number of rotatable bonds is 5. The van der Waals surface area contributed by atoms with Gasteiger partial charge in [-0.1, -0.05) is 0 Å². The molecule has 2 atom stereocenters. The van der Waals surface area contributed by atoms with Crippen LogP contribution in [0.2, 0.25) is 0 Å². The van der Waals surface area contributed by atoms with E-state index in [0.717, 1.165) is 0 Å². The maximum Gasteiger partial charge on any atom is 0.321 e. The topological polar surface area (TPSA) is 104 Å². The molecule has 110 valence electrons. The maximum atomic E-state index is 11.6. The lowest BCUT2D eigenvalue weighted by molar-refractivity contribution is -0.121. The van der Waals surface area contributed by atoms with E-state index in [-0.39, 0.29) is 17.4 Å². The highest BCUT2D eigenvalue weighted by Crippen LogP contribution is 2.17. The molecule has 1 aliphatic heterocycles. The minimum absolute atomic E-state index is 0.0460. The lowest BCUT2D eigenvalue weighted by Gasteiger charge is -2.15. The van der Waals surface area contributed by atoms with Gasteiger partial charge in [0.25, 0.3) is 0 Å². The Balaban J connectivity index is 2.29. The lowest BCUT2D eigenvalue weighted by Crippen LogP contribution is -2.48. The van der Waals surface area contributed by atoms with Gasteiger partial charge in [0.1, 0.15) is 0 Å². The standard InChI is InChI=1S/C11H21N3O4S/c1-3-12-11(16)14-10(15)8(2)13-6-9-4-5-19(17,18)7-9/h8-9,13H,3-7H2,1-2H3,(H2,12,14,15,16). The average Bonchev–Trinajstić information content (AvgIpc) is 2.66. The number of hydrogen-bond acceptors (Lipinski definition) is 5. The lowest BCUT2D eigenvalue weighted by atomic mass is 10.1. The Morgan fingerprint density at radius 2 is 2.05 bits per heavy atom. The summed E-state index contributed by atoms with van der Waals surface area (Å²) in [5.41, 5.74) is 0. The van der Waals surface area contributed by atoms with E-state index in [1.54, 1.807) is 13.8 Å². The van der Waals surface area contributed by atoms with E-state index in [1.165, 1.54) is 0 Å². The second-order valence-electron chi connectivity index (χ2n) is 4.75. The molecule has 19 heavy (non-hydrogen) atoms. The fraction of sp³-hybridized carbons (Fsp3) is 0.818. The quantitative estimate of drug-likeness (QED) is 0.618. The summed E-state index contributed by atoms with van der Waals surface area (Å²) in [5, 5.41) is 7.62. The van der Waals surface area contributed by atoms with Crippen molar-refractivity contribution in [1.29, 1.82) is 0 Å². The van der Waals surface area contributed by atoms with Gasteiger partial charge in [-0.3, -0.25) is 10.1 Å². The molecule has 0 spiro atoms. The molecule has 1 heterocycles. The second-order valence-corrected chi connectivity index (χ2v) is 6.98. The zero-order valence-electron chi connectivity index (χ0n) is 11.2. The molecule has 0 saturated carbocycles. The third-order valence-corrected chi connectivity index (χ3v) is 4.84. The van der Waals surface area contributed by atoms with Crippen molar-refractivity contribution in [2.24, 2.45) is 5.92 Å². The Kier molecular flexibility index (Phi) is 5.74. The van der Waals surface area contributed by atoms with Crippen LogP contribution in [-0.4, -0.2) is 51.0 Å². The molecule has 0 aliphatic carbocycles. The molecular weight excluding hydrogens is 270 g/mol. The van der Waals surface area contributed by atoms with Crippen molar-refractivity contribution < 1.29 is 18.0 Å². The summed E-state index contributed by atoms with van der Waals surface area (Å²) >= 11 is 0. The highest BCUT2D eigenvalue weighted by molar-refractivity contribution is 7.91. The zero-order chi connectivity index (χ0) is 14.5. The number of amides is 3. The fourth-order valence-corrected chi connectivity index (χ4v) is 3.76. The van der Waals surface area contributed by atoms with E-state index in [9.17, 15) is 18.0 Å². The molecule has 1 aliphatic rings. The second kappa shape index (κ2) is 6.85. The molecular formula is C11H21N3O4S. The predicted molar refractivity (Wildman–Crippen MR) is 71.4 cm³/mol. The summed E-state index contributed by atoms with van der Waals surface area (Å²) in [5.74, 6) is 0.0141. The van der Waals surface area contributed by atoms with Gasteiger partial charge in [-0.2, -0.15) is 0 Å². The molecule has 0 radical (unpaired) electrons. The molecule has 0 aromatic carbocycles. The molecule has 1 saturated heterocycles. The number of urea groups is 1. The molecule has 0 aromatic heterocycles. The summed E-state index contributed by atoms with van der Waals surface area (Å²) in [4.78, 5) is 22.8. The molecule has 3 amide bonds. The first kappa shape index (κ1) is 15.9. The zero-order valence-corrected chi connectivity index (χ0v) is 12.0. The number of nitrogens with one attached hydrogen (secondary N) is 3. The van der Waals surface area contributed by atoms with Crippen LogP contribution in [0.5, 0.6) is 0 Å². The van der Waals surface area contributed by atoms with Gasteiger partial charge < -0.3 is 10.6 Å². The van der Waals surface area contributed by atoms with Crippen LogP contribution in [0.15, 0.2) is 0 Å². The molecule has 3 N–H and O–H groups in total. The summed E-state index contributed by atoms with van der Waals surface area (Å²) in [6.45, 7) is 4.30. The minimum atomic E-state index is -2.89. The van der Waals surface area contributed by atoms with Crippen molar-refractivity contribution >= 4 is 21.8 Å². The summed E-state index contributed by atoms with van der Waals surface area (Å²) in [6, 6.07) is -1.06. The van der Waals surface area contributed by atoms with Gasteiger partial charge in [0.2, 0.25) is 5.91 Å². The van der Waals surface area contributed by atoms with Gasteiger partial charge >= 0.3 is 6.03 Å². The number of hydrogen-bond donors (Lipinski definition) is 3. The number of carbonyl (C=O) groups is 2. The van der Waals surface area contributed by atoms with Crippen LogP contribution < -0.4 is 16.0 Å². The van der Waals surface area contributed by atoms with E-state index in [2.05, 4.69) is 16.0 Å². The van der Waals surface area contributed by atoms with Gasteiger partial charge in [0.05, 0.1) is 17.5 Å². The van der Waals surface area contributed by atoms with E-state index in [0.29, 0.717) is 19.5 Å². The summed E-state index contributed by atoms with van der Waals surface area (Å²) < 4.78 is 22.6. The molecule has 7 nitrogen and oxygen atoms in total. The number of carbonyl (C=O) groups excluding carboxylic acids is 2. The molecule has 0 aromatic rings. The molecule has 1 fully saturated rings. The first-order valence-corrected chi connectivity index (χ1v) is 8.18. The summed E-state index contributed by atoms with van der Waals surface area (Å²) in [7, 11) is -2.89. The predicted octanol–water partition coefficient (Wildman–Crippen LogP) is -0.755. The van der Waals surface area contributed by atoms with Crippen molar-refractivity contribution in [3.8, 4) is 0 Å². The Morgan fingerprint density at radius 3 is 2.58 bits per heavy atom. The van der Waals surface area contributed by atoms with Crippen LogP contribution in [0.3, 0.4) is 0 Å². The van der Waals surface area contributed by atoms with Crippen molar-refractivity contribution in [2.45, 2.75) is 26.3 Å². The van der Waals surface area contributed by atoms with Gasteiger partial charge in [-0.05, 0) is 32.7 Å². The van der Waals surface area contributed by atoms with Gasteiger partial charge in [0, 0.05) is 6.54 Å². The van der Waals surface area contributed by atoms with Crippen LogP contribution in [0.25, 0.3) is 0 Å². The Bertz CT molecular complexity index is 435. The highest BCUT2D eigenvalue weighted by atomic mass is 32.2. The average molecular weight is 291 g/mol. The number of sulfone groups is 1. The molecule has 1 rings (SSSR count). The van der Waals surface area contributed by atoms with Gasteiger partial charge in [0.15, 0.2) is 9.84 Å². The third kappa shape index (κ3) is 5.56. The monoisotopic (exact) mass is 291 g/mol. The Labute approximate surface area is 113 Å². The van der Waals surface area contributed by atoms with Gasteiger partial charge in [-0.25, -0.2) is 13.2 Å².